The minimum atomic E-state index is -0.474. The molecular weight excluding hydrogens is 429 g/mol. The van der Waals surface area contributed by atoms with E-state index in [0.29, 0.717) is 15.7 Å². The molecule has 2 aliphatic rings. The van der Waals surface area contributed by atoms with Crippen molar-refractivity contribution in [2.45, 2.75) is 11.3 Å². The monoisotopic (exact) mass is 441 g/mol. The molecule has 1 fully saturated rings. The summed E-state index contributed by atoms with van der Waals surface area (Å²) in [4.78, 5) is 32.4. The second kappa shape index (κ2) is 7.06. The third-order valence-corrected chi connectivity index (χ3v) is 6.87. The van der Waals surface area contributed by atoms with E-state index in [1.165, 1.54) is 22.9 Å². The number of nitrogens with zero attached hydrogens (tertiary/aromatic N) is 2. The van der Waals surface area contributed by atoms with E-state index in [0.717, 1.165) is 21.2 Å². The second-order valence-corrected chi connectivity index (χ2v) is 8.75. The van der Waals surface area contributed by atoms with E-state index in [-0.39, 0.29) is 11.9 Å². The minimum Gasteiger partial charge on any atom is -0.329 e. The highest BCUT2D eigenvalue weighted by Gasteiger charge is 2.45. The van der Waals surface area contributed by atoms with Gasteiger partial charge in [-0.1, -0.05) is 47.5 Å². The summed E-state index contributed by atoms with van der Waals surface area (Å²) in [6, 6.07) is 11.9. The topological polar surface area (TPSA) is 62.3 Å². The molecule has 2 aromatic carbocycles. The van der Waals surface area contributed by atoms with E-state index in [1.807, 2.05) is 24.3 Å². The number of aromatic nitrogens is 1. The number of hydrogen-bond donors (Lipinski definition) is 1. The molecule has 2 atom stereocenters. The Morgan fingerprint density at radius 1 is 1.07 bits per heavy atom. The maximum atomic E-state index is 13.3. The number of pyridine rings is 1. The standard InChI is InChI=1S/C21H13Cl2N3O2S/c22-12-5-6-13-11(7-12)9-24-10-17(13)26-20(27)19-16(25-21(26)28)8-18(29-19)14-3-1-2-4-15(14)23/h1-10,16,19H,(H,25,28). The van der Waals surface area contributed by atoms with E-state index < -0.39 is 11.3 Å². The zero-order chi connectivity index (χ0) is 20.1. The van der Waals surface area contributed by atoms with Crippen LogP contribution < -0.4 is 10.2 Å². The van der Waals surface area contributed by atoms with Crippen LogP contribution in [0, 0.1) is 0 Å². The Kier molecular flexibility index (Phi) is 4.50. The first-order chi connectivity index (χ1) is 14.0. The third-order valence-electron chi connectivity index (χ3n) is 4.95. The van der Waals surface area contributed by atoms with Gasteiger partial charge in [-0.05, 0) is 24.3 Å². The summed E-state index contributed by atoms with van der Waals surface area (Å²) in [6.07, 6.45) is 5.07. The molecule has 2 unspecified atom stereocenters. The number of imide groups is 1. The predicted octanol–water partition coefficient (Wildman–Crippen LogP) is 5.12. The molecule has 3 amide bonds. The number of halogens is 2. The van der Waals surface area contributed by atoms with Crippen molar-refractivity contribution in [3.8, 4) is 0 Å². The van der Waals surface area contributed by atoms with Crippen molar-refractivity contribution in [3.63, 3.8) is 0 Å². The molecule has 0 bridgehead atoms. The number of fused-ring (bicyclic) bond motifs is 2. The molecule has 144 valence electrons. The zero-order valence-corrected chi connectivity index (χ0v) is 17.1. The quantitative estimate of drug-likeness (QED) is 0.598. The molecule has 3 heterocycles. The number of nitrogens with one attached hydrogen (secondary N) is 1. The summed E-state index contributed by atoms with van der Waals surface area (Å²) in [5.41, 5.74) is 1.29. The number of thioether (sulfide) groups is 1. The Morgan fingerprint density at radius 3 is 2.72 bits per heavy atom. The molecule has 0 spiro atoms. The highest BCUT2D eigenvalue weighted by atomic mass is 35.5. The van der Waals surface area contributed by atoms with Gasteiger partial charge in [-0.15, -0.1) is 11.8 Å². The largest absolute Gasteiger partial charge is 0.329 e. The first-order valence-corrected chi connectivity index (χ1v) is 10.5. The molecule has 3 aromatic rings. The molecule has 8 heteroatoms. The molecule has 1 N–H and O–H groups in total. The van der Waals surface area contributed by atoms with Crippen LogP contribution in [-0.2, 0) is 4.79 Å². The van der Waals surface area contributed by atoms with Crippen LogP contribution in [0.15, 0.2) is 60.9 Å². The Bertz CT molecular complexity index is 1210. The maximum Gasteiger partial charge on any atom is 0.329 e. The van der Waals surface area contributed by atoms with Crippen molar-refractivity contribution < 1.29 is 9.59 Å². The molecule has 1 saturated heterocycles. The number of hydrogen-bond acceptors (Lipinski definition) is 4. The van der Waals surface area contributed by atoms with Crippen LogP contribution in [0.1, 0.15) is 5.56 Å². The molecule has 0 saturated carbocycles. The molecule has 5 nitrogen and oxygen atoms in total. The fourth-order valence-electron chi connectivity index (χ4n) is 3.61. The van der Waals surface area contributed by atoms with Gasteiger partial charge in [0.25, 0.3) is 5.91 Å². The second-order valence-electron chi connectivity index (χ2n) is 6.72. The van der Waals surface area contributed by atoms with E-state index in [9.17, 15) is 9.59 Å². The summed E-state index contributed by atoms with van der Waals surface area (Å²) in [6.45, 7) is 0. The van der Waals surface area contributed by atoms with E-state index >= 15 is 0 Å². The average molecular weight is 442 g/mol. The third kappa shape index (κ3) is 3.08. The number of benzene rings is 2. The molecule has 29 heavy (non-hydrogen) atoms. The van der Waals surface area contributed by atoms with Crippen molar-refractivity contribution in [2.24, 2.45) is 0 Å². The van der Waals surface area contributed by atoms with Gasteiger partial charge in [0.1, 0.15) is 5.25 Å². The van der Waals surface area contributed by atoms with Crippen molar-refractivity contribution in [3.05, 3.63) is 76.5 Å². The minimum absolute atomic E-state index is 0.286. The Labute approximate surface area is 180 Å². The summed E-state index contributed by atoms with van der Waals surface area (Å²) in [5.74, 6) is -0.286. The number of carbonyl (C=O) groups is 2. The fraction of sp³-hybridized carbons (Fsp3) is 0.0952. The number of rotatable bonds is 2. The molecule has 0 aliphatic carbocycles. The lowest BCUT2D eigenvalue weighted by molar-refractivity contribution is -0.118. The number of carbonyl (C=O) groups excluding carboxylic acids is 2. The van der Waals surface area contributed by atoms with Gasteiger partial charge in [-0.25, -0.2) is 9.69 Å². The lowest BCUT2D eigenvalue weighted by Gasteiger charge is -2.33. The normalized spacial score (nSPS) is 21.2. The van der Waals surface area contributed by atoms with Crippen LogP contribution in [0.3, 0.4) is 0 Å². The van der Waals surface area contributed by atoms with Gasteiger partial charge in [0.05, 0.1) is 17.9 Å². The van der Waals surface area contributed by atoms with Crippen LogP contribution in [-0.4, -0.2) is 28.2 Å². The predicted molar refractivity (Wildman–Crippen MR) is 117 cm³/mol. The Balaban J connectivity index is 1.52. The van der Waals surface area contributed by atoms with Gasteiger partial charge in [0.15, 0.2) is 0 Å². The lowest BCUT2D eigenvalue weighted by Crippen LogP contribution is -2.60. The van der Waals surface area contributed by atoms with Crippen LogP contribution in [0.25, 0.3) is 15.7 Å². The maximum absolute atomic E-state index is 13.3. The Morgan fingerprint density at radius 2 is 1.90 bits per heavy atom. The highest BCUT2D eigenvalue weighted by Crippen LogP contribution is 2.44. The molecule has 5 rings (SSSR count). The van der Waals surface area contributed by atoms with E-state index in [2.05, 4.69) is 10.3 Å². The van der Waals surface area contributed by atoms with Crippen molar-refractivity contribution in [1.29, 1.82) is 0 Å². The summed E-state index contributed by atoms with van der Waals surface area (Å²) < 4.78 is 0. The van der Waals surface area contributed by atoms with Gasteiger partial charge < -0.3 is 5.32 Å². The summed E-state index contributed by atoms with van der Waals surface area (Å²) >= 11 is 13.8. The molecular formula is C21H13Cl2N3O2S. The van der Waals surface area contributed by atoms with Gasteiger partial charge >= 0.3 is 6.03 Å². The number of urea groups is 1. The zero-order valence-electron chi connectivity index (χ0n) is 14.8. The average Bonchev–Trinajstić information content (AvgIpc) is 3.12. The van der Waals surface area contributed by atoms with Crippen LogP contribution in [0.5, 0.6) is 0 Å². The summed E-state index contributed by atoms with van der Waals surface area (Å²) in [5, 5.41) is 5.11. The number of anilines is 1. The SMILES string of the molecule is O=C1NC2C=C(c3ccccc3Cl)SC2C(=O)N1c1cncc2cc(Cl)ccc12. The van der Waals surface area contributed by atoms with Gasteiger partial charge in [0, 0.05) is 37.5 Å². The number of amides is 3. The van der Waals surface area contributed by atoms with Crippen molar-refractivity contribution >= 4 is 68.3 Å². The van der Waals surface area contributed by atoms with E-state index in [1.54, 1.807) is 30.5 Å². The van der Waals surface area contributed by atoms with Crippen molar-refractivity contribution in [1.82, 2.24) is 10.3 Å². The van der Waals surface area contributed by atoms with E-state index in [4.69, 9.17) is 23.2 Å². The van der Waals surface area contributed by atoms with Gasteiger partial charge in [-0.3, -0.25) is 9.78 Å². The summed E-state index contributed by atoms with van der Waals surface area (Å²) in [7, 11) is 0. The van der Waals surface area contributed by atoms with Crippen LogP contribution in [0.2, 0.25) is 10.0 Å². The fourth-order valence-corrected chi connectivity index (χ4v) is 5.38. The first kappa shape index (κ1) is 18.5. The lowest BCUT2D eigenvalue weighted by atomic mass is 10.1. The molecule has 0 radical (unpaired) electrons. The van der Waals surface area contributed by atoms with Crippen molar-refractivity contribution in [2.75, 3.05) is 4.90 Å². The van der Waals surface area contributed by atoms with Gasteiger partial charge in [-0.2, -0.15) is 0 Å². The smallest absolute Gasteiger partial charge is 0.329 e. The molecule has 1 aromatic heterocycles. The van der Waals surface area contributed by atoms with Gasteiger partial charge in [0.2, 0.25) is 0 Å². The Hall–Kier alpha value is -2.54. The van der Waals surface area contributed by atoms with Crippen LogP contribution in [0.4, 0.5) is 10.5 Å². The highest BCUT2D eigenvalue weighted by molar-refractivity contribution is 8.09. The first-order valence-electron chi connectivity index (χ1n) is 8.84. The van der Waals surface area contributed by atoms with Crippen LogP contribution >= 0.6 is 35.0 Å². The molecule has 2 aliphatic heterocycles.